The van der Waals surface area contributed by atoms with E-state index in [0.717, 1.165) is 26.1 Å². The average Bonchev–Trinajstić information content (AvgIpc) is 2.71. The molecular formula is C12H20N2O3. The number of hydrogen-bond donors (Lipinski definition) is 0. The predicted octanol–water partition coefficient (Wildman–Crippen LogP) is 0.102. The van der Waals surface area contributed by atoms with E-state index in [0.29, 0.717) is 13.0 Å². The third-order valence-electron chi connectivity index (χ3n) is 3.58. The Morgan fingerprint density at radius 3 is 2.59 bits per heavy atom. The molecular weight excluding hydrogens is 220 g/mol. The van der Waals surface area contributed by atoms with Crippen LogP contribution in [0.2, 0.25) is 0 Å². The molecule has 1 atom stereocenters. The van der Waals surface area contributed by atoms with Gasteiger partial charge in [0.25, 0.3) is 0 Å². The lowest BCUT2D eigenvalue weighted by atomic mass is 10.1. The van der Waals surface area contributed by atoms with Crippen LogP contribution in [0.15, 0.2) is 0 Å². The molecule has 2 aliphatic rings. The summed E-state index contributed by atoms with van der Waals surface area (Å²) in [7, 11) is 3.48. The number of ether oxygens (including phenoxy) is 1. The molecule has 0 bridgehead atoms. The molecule has 96 valence electrons. The molecule has 0 aliphatic carbocycles. The molecule has 0 spiro atoms. The van der Waals surface area contributed by atoms with E-state index in [2.05, 4.69) is 0 Å². The largest absolute Gasteiger partial charge is 0.381 e. The minimum absolute atomic E-state index is 0.0629. The van der Waals surface area contributed by atoms with Crippen LogP contribution < -0.4 is 0 Å². The molecule has 2 fully saturated rings. The van der Waals surface area contributed by atoms with E-state index in [1.165, 1.54) is 0 Å². The molecule has 2 amide bonds. The summed E-state index contributed by atoms with van der Waals surface area (Å²) in [6.45, 7) is 2.03. The van der Waals surface area contributed by atoms with Gasteiger partial charge >= 0.3 is 0 Å². The zero-order chi connectivity index (χ0) is 12.4. The maximum atomic E-state index is 11.9. The number of amides is 2. The second-order valence-corrected chi connectivity index (χ2v) is 5.02. The van der Waals surface area contributed by atoms with E-state index >= 15 is 0 Å². The molecule has 17 heavy (non-hydrogen) atoms. The average molecular weight is 240 g/mol. The Kier molecular flexibility index (Phi) is 3.66. The maximum absolute atomic E-state index is 11.9. The molecule has 0 aromatic carbocycles. The summed E-state index contributed by atoms with van der Waals surface area (Å²) in [4.78, 5) is 27.2. The van der Waals surface area contributed by atoms with Crippen molar-refractivity contribution in [2.24, 2.45) is 5.92 Å². The first-order valence-corrected chi connectivity index (χ1v) is 6.18. The predicted molar refractivity (Wildman–Crippen MR) is 62.4 cm³/mol. The van der Waals surface area contributed by atoms with Gasteiger partial charge in [0, 0.05) is 46.3 Å². The lowest BCUT2D eigenvalue weighted by Gasteiger charge is -2.31. The molecule has 2 rings (SSSR count). The highest BCUT2D eigenvalue weighted by molar-refractivity contribution is 5.89. The van der Waals surface area contributed by atoms with Gasteiger partial charge in [-0.2, -0.15) is 0 Å². The molecule has 2 heterocycles. The summed E-state index contributed by atoms with van der Waals surface area (Å²) in [6, 6.07) is 0.274. The second kappa shape index (κ2) is 5.04. The van der Waals surface area contributed by atoms with Gasteiger partial charge in [-0.3, -0.25) is 9.59 Å². The fourth-order valence-electron chi connectivity index (χ4n) is 2.61. The molecule has 0 aromatic heterocycles. The number of carbonyl (C=O) groups excluding carboxylic acids is 2. The Morgan fingerprint density at radius 1 is 1.35 bits per heavy atom. The zero-order valence-corrected chi connectivity index (χ0v) is 10.5. The third-order valence-corrected chi connectivity index (χ3v) is 3.58. The highest BCUT2D eigenvalue weighted by Crippen LogP contribution is 2.25. The first-order valence-electron chi connectivity index (χ1n) is 6.18. The highest BCUT2D eigenvalue weighted by atomic mass is 16.5. The monoisotopic (exact) mass is 240 g/mol. The van der Waals surface area contributed by atoms with Crippen molar-refractivity contribution in [2.45, 2.75) is 25.3 Å². The van der Waals surface area contributed by atoms with Crippen LogP contribution in [0.4, 0.5) is 0 Å². The van der Waals surface area contributed by atoms with Crippen molar-refractivity contribution in [3.05, 3.63) is 0 Å². The lowest BCUT2D eigenvalue weighted by Crippen LogP contribution is -2.41. The van der Waals surface area contributed by atoms with Gasteiger partial charge in [-0.1, -0.05) is 0 Å². The van der Waals surface area contributed by atoms with Crippen molar-refractivity contribution in [3.8, 4) is 0 Å². The van der Waals surface area contributed by atoms with Crippen molar-refractivity contribution in [1.29, 1.82) is 0 Å². The maximum Gasteiger partial charge on any atom is 0.227 e. The van der Waals surface area contributed by atoms with Crippen LogP contribution in [0.25, 0.3) is 0 Å². The van der Waals surface area contributed by atoms with E-state index in [4.69, 9.17) is 4.74 Å². The van der Waals surface area contributed by atoms with Gasteiger partial charge in [0.05, 0.1) is 5.92 Å². The molecule has 0 aromatic rings. The molecule has 0 N–H and O–H groups in total. The van der Waals surface area contributed by atoms with Crippen molar-refractivity contribution in [1.82, 2.24) is 9.80 Å². The van der Waals surface area contributed by atoms with Crippen LogP contribution in [0.1, 0.15) is 19.3 Å². The first kappa shape index (κ1) is 12.4. The first-order chi connectivity index (χ1) is 8.09. The minimum Gasteiger partial charge on any atom is -0.381 e. The van der Waals surface area contributed by atoms with Crippen molar-refractivity contribution in [3.63, 3.8) is 0 Å². The smallest absolute Gasteiger partial charge is 0.227 e. The summed E-state index contributed by atoms with van der Waals surface area (Å²) in [5.74, 6) is 0.0327. The van der Waals surface area contributed by atoms with Gasteiger partial charge in [-0.15, -0.1) is 0 Å². The molecule has 0 saturated carbocycles. The van der Waals surface area contributed by atoms with Crippen molar-refractivity contribution in [2.75, 3.05) is 33.9 Å². The minimum atomic E-state index is -0.152. The number of likely N-dealkylation sites (tertiary alicyclic amines) is 1. The van der Waals surface area contributed by atoms with Crippen LogP contribution >= 0.6 is 0 Å². The molecule has 5 heteroatoms. The van der Waals surface area contributed by atoms with Gasteiger partial charge in [-0.25, -0.2) is 0 Å². The SMILES string of the molecule is CN(C)C(=O)[C@H]1CC(=O)N(C2CCOCC2)C1. The van der Waals surface area contributed by atoms with Crippen LogP contribution in [0, 0.1) is 5.92 Å². The Labute approximate surface area is 102 Å². The number of hydrogen-bond acceptors (Lipinski definition) is 3. The molecule has 0 unspecified atom stereocenters. The van der Waals surface area contributed by atoms with Gasteiger partial charge in [0.2, 0.25) is 11.8 Å². The standard InChI is InChI=1S/C12H20N2O3/c1-13(2)12(16)9-7-11(15)14(8-9)10-3-5-17-6-4-10/h9-10H,3-8H2,1-2H3/t9-/m0/s1. The summed E-state index contributed by atoms with van der Waals surface area (Å²) >= 11 is 0. The van der Waals surface area contributed by atoms with E-state index in [1.807, 2.05) is 4.90 Å². The fraction of sp³-hybridized carbons (Fsp3) is 0.833. The lowest BCUT2D eigenvalue weighted by molar-refractivity contribution is -0.133. The number of rotatable bonds is 2. The Morgan fingerprint density at radius 2 is 2.00 bits per heavy atom. The number of carbonyl (C=O) groups is 2. The number of nitrogens with zero attached hydrogens (tertiary/aromatic N) is 2. The van der Waals surface area contributed by atoms with Crippen LogP contribution in [0.5, 0.6) is 0 Å². The molecule has 5 nitrogen and oxygen atoms in total. The van der Waals surface area contributed by atoms with E-state index < -0.39 is 0 Å². The Balaban J connectivity index is 1.97. The van der Waals surface area contributed by atoms with Gasteiger partial charge in [-0.05, 0) is 12.8 Å². The summed E-state index contributed by atoms with van der Waals surface area (Å²) in [5.41, 5.74) is 0. The molecule has 2 saturated heterocycles. The molecule has 0 radical (unpaired) electrons. The summed E-state index contributed by atoms with van der Waals surface area (Å²) in [5, 5.41) is 0. The molecule has 2 aliphatic heterocycles. The quantitative estimate of drug-likeness (QED) is 0.688. The third kappa shape index (κ3) is 2.60. The summed E-state index contributed by atoms with van der Waals surface area (Å²) in [6.07, 6.45) is 2.16. The Hall–Kier alpha value is -1.10. The van der Waals surface area contributed by atoms with Gasteiger partial charge < -0.3 is 14.5 Å². The highest BCUT2D eigenvalue weighted by Gasteiger charge is 2.38. The van der Waals surface area contributed by atoms with E-state index in [1.54, 1.807) is 19.0 Å². The second-order valence-electron chi connectivity index (χ2n) is 5.02. The van der Waals surface area contributed by atoms with Gasteiger partial charge in [0.15, 0.2) is 0 Å². The topological polar surface area (TPSA) is 49.9 Å². The van der Waals surface area contributed by atoms with Gasteiger partial charge in [0.1, 0.15) is 0 Å². The van der Waals surface area contributed by atoms with Crippen LogP contribution in [-0.4, -0.2) is 61.5 Å². The van der Waals surface area contributed by atoms with E-state index in [-0.39, 0.29) is 23.8 Å². The van der Waals surface area contributed by atoms with Crippen LogP contribution in [-0.2, 0) is 14.3 Å². The summed E-state index contributed by atoms with van der Waals surface area (Å²) < 4.78 is 5.29. The normalized spacial score (nSPS) is 26.4. The van der Waals surface area contributed by atoms with Crippen molar-refractivity contribution >= 4 is 11.8 Å². The van der Waals surface area contributed by atoms with Crippen molar-refractivity contribution < 1.29 is 14.3 Å². The zero-order valence-electron chi connectivity index (χ0n) is 10.5. The Bertz CT molecular complexity index is 311. The fourth-order valence-corrected chi connectivity index (χ4v) is 2.61. The van der Waals surface area contributed by atoms with E-state index in [9.17, 15) is 9.59 Å². The van der Waals surface area contributed by atoms with Crippen LogP contribution in [0.3, 0.4) is 0 Å².